The van der Waals surface area contributed by atoms with Crippen LogP contribution in [-0.4, -0.2) is 46.9 Å². The number of rotatable bonds is 8. The number of hydrogen-bond donors (Lipinski definition) is 1. The highest BCUT2D eigenvalue weighted by atomic mass is 35.5. The van der Waals surface area contributed by atoms with Gasteiger partial charge in [-0.05, 0) is 61.0 Å². The molecule has 1 fully saturated rings. The molecule has 0 spiro atoms. The monoisotopic (exact) mass is 522 g/mol. The number of carbonyl (C=O) groups is 1. The van der Waals surface area contributed by atoms with Gasteiger partial charge >= 0.3 is 0 Å². The molecule has 2 heterocycles. The van der Waals surface area contributed by atoms with Crippen molar-refractivity contribution in [2.75, 3.05) is 12.8 Å². The van der Waals surface area contributed by atoms with Crippen molar-refractivity contribution in [3.63, 3.8) is 0 Å². The molecule has 0 radical (unpaired) electrons. The van der Waals surface area contributed by atoms with Crippen molar-refractivity contribution >= 4 is 27.3 Å². The third-order valence-electron chi connectivity index (χ3n) is 6.70. The minimum absolute atomic E-state index is 0.157. The Morgan fingerprint density at radius 2 is 1.83 bits per heavy atom. The van der Waals surface area contributed by atoms with Crippen LogP contribution < -0.4 is 5.32 Å². The van der Waals surface area contributed by atoms with E-state index in [1.54, 1.807) is 4.57 Å². The fraction of sp³-hybridized carbons (Fsp3) is 0.654. The summed E-state index contributed by atoms with van der Waals surface area (Å²) in [7, 11) is -3.00. The van der Waals surface area contributed by atoms with Crippen LogP contribution in [0.25, 0.3) is 5.82 Å². The minimum atomic E-state index is -3.00. The van der Waals surface area contributed by atoms with Gasteiger partial charge in [-0.2, -0.15) is 0 Å². The average molecular weight is 523 g/mol. The molecule has 0 unspecified atom stereocenters. The van der Waals surface area contributed by atoms with Gasteiger partial charge in [0.15, 0.2) is 5.69 Å². The third-order valence-corrected chi connectivity index (χ3v) is 8.73. The van der Waals surface area contributed by atoms with E-state index < -0.39 is 9.84 Å². The molecule has 0 saturated heterocycles. The second-order valence-corrected chi connectivity index (χ2v) is 13.6. The van der Waals surface area contributed by atoms with E-state index in [0.29, 0.717) is 31.6 Å². The minimum Gasteiger partial charge on any atom is -0.350 e. The van der Waals surface area contributed by atoms with Crippen molar-refractivity contribution in [2.45, 2.75) is 84.8 Å². The maximum absolute atomic E-state index is 13.0. The molecule has 1 aliphatic carbocycles. The molecule has 2 aromatic heterocycles. The van der Waals surface area contributed by atoms with Crippen LogP contribution in [-0.2, 0) is 29.1 Å². The molecule has 0 bridgehead atoms. The standard InChI is InChI=1S/C26H39ClN4O3S/c1-7-19-13-18(14-26(3,4)5)16-28-24(19)31-21(8-2)30-22(23(31)27)25(32)29-15-17-9-11-20(12-10-17)35(6,33)34/h13,16-17,20H,7-12,14-15H2,1-6H3,(H,29,32). The molecule has 1 amide bonds. The van der Waals surface area contributed by atoms with Crippen molar-refractivity contribution in [1.82, 2.24) is 19.9 Å². The van der Waals surface area contributed by atoms with Crippen LogP contribution in [0.15, 0.2) is 12.3 Å². The molecule has 9 heteroatoms. The summed E-state index contributed by atoms with van der Waals surface area (Å²) < 4.78 is 25.4. The topological polar surface area (TPSA) is 93.9 Å². The fourth-order valence-corrected chi connectivity index (χ4v) is 6.28. The van der Waals surface area contributed by atoms with Crippen LogP contribution in [0.2, 0.25) is 5.15 Å². The summed E-state index contributed by atoms with van der Waals surface area (Å²) in [6.07, 6.45) is 8.37. The summed E-state index contributed by atoms with van der Waals surface area (Å²) in [6.45, 7) is 11.2. The van der Waals surface area contributed by atoms with E-state index in [4.69, 9.17) is 16.6 Å². The fourth-order valence-electron chi connectivity index (χ4n) is 4.85. The Morgan fingerprint density at radius 1 is 1.17 bits per heavy atom. The smallest absolute Gasteiger partial charge is 0.273 e. The lowest BCUT2D eigenvalue weighted by atomic mass is 9.88. The first kappa shape index (κ1) is 27.7. The van der Waals surface area contributed by atoms with Crippen molar-refractivity contribution in [1.29, 1.82) is 0 Å². The third kappa shape index (κ3) is 6.85. The zero-order valence-corrected chi connectivity index (χ0v) is 23.4. The van der Waals surface area contributed by atoms with E-state index in [1.807, 2.05) is 13.1 Å². The summed E-state index contributed by atoms with van der Waals surface area (Å²) in [4.78, 5) is 22.3. The lowest BCUT2D eigenvalue weighted by Gasteiger charge is -2.27. The predicted octanol–water partition coefficient (Wildman–Crippen LogP) is 4.97. The van der Waals surface area contributed by atoms with E-state index in [2.05, 4.69) is 44.1 Å². The number of halogens is 1. The largest absolute Gasteiger partial charge is 0.350 e. The number of carbonyl (C=O) groups excluding carboxylic acids is 1. The number of hydrogen-bond acceptors (Lipinski definition) is 5. The number of aromatic nitrogens is 3. The van der Waals surface area contributed by atoms with Gasteiger partial charge in [0.05, 0.1) is 5.25 Å². The van der Waals surface area contributed by atoms with Crippen molar-refractivity contribution < 1.29 is 13.2 Å². The molecular weight excluding hydrogens is 484 g/mol. The van der Waals surface area contributed by atoms with E-state index >= 15 is 0 Å². The van der Waals surface area contributed by atoms with E-state index in [9.17, 15) is 13.2 Å². The Labute approximate surface area is 215 Å². The highest BCUT2D eigenvalue weighted by Crippen LogP contribution is 2.29. The number of imidazole rings is 1. The Balaban J connectivity index is 1.78. The zero-order valence-electron chi connectivity index (χ0n) is 21.8. The Morgan fingerprint density at radius 3 is 2.37 bits per heavy atom. The van der Waals surface area contributed by atoms with Crippen LogP contribution in [0.5, 0.6) is 0 Å². The molecular formula is C26H39ClN4O3S. The predicted molar refractivity (Wildman–Crippen MR) is 141 cm³/mol. The second-order valence-electron chi connectivity index (χ2n) is 11.0. The maximum Gasteiger partial charge on any atom is 0.273 e. The molecule has 3 rings (SSSR count). The van der Waals surface area contributed by atoms with Gasteiger partial charge in [-0.15, -0.1) is 0 Å². The van der Waals surface area contributed by atoms with E-state index in [-0.39, 0.29) is 33.3 Å². The molecule has 0 aliphatic heterocycles. The number of nitrogens with zero attached hydrogens (tertiary/aromatic N) is 3. The van der Waals surface area contributed by atoms with Crippen LogP contribution >= 0.6 is 11.6 Å². The van der Waals surface area contributed by atoms with Crippen molar-refractivity contribution in [3.05, 3.63) is 40.1 Å². The molecule has 35 heavy (non-hydrogen) atoms. The zero-order chi connectivity index (χ0) is 26.0. The van der Waals surface area contributed by atoms with Crippen LogP contribution in [0.3, 0.4) is 0 Å². The number of nitrogens with one attached hydrogen (secondary N) is 1. The van der Waals surface area contributed by atoms with Crippen LogP contribution in [0, 0.1) is 11.3 Å². The van der Waals surface area contributed by atoms with Gasteiger partial charge in [-0.25, -0.2) is 18.4 Å². The summed E-state index contributed by atoms with van der Waals surface area (Å²) >= 11 is 6.74. The Kier molecular flexibility index (Phi) is 8.69. The van der Waals surface area contributed by atoms with Gasteiger partial charge in [0, 0.05) is 25.4 Å². The molecule has 1 saturated carbocycles. The molecule has 194 valence electrons. The lowest BCUT2D eigenvalue weighted by molar-refractivity contribution is 0.0939. The Bertz CT molecular complexity index is 1160. The number of amides is 1. The van der Waals surface area contributed by atoms with Crippen molar-refractivity contribution in [3.8, 4) is 5.82 Å². The average Bonchev–Trinajstić information content (AvgIpc) is 3.12. The molecule has 2 aromatic rings. The van der Waals surface area contributed by atoms with E-state index in [1.165, 1.54) is 11.8 Å². The summed E-state index contributed by atoms with van der Waals surface area (Å²) in [5, 5.41) is 2.98. The van der Waals surface area contributed by atoms with Gasteiger partial charge in [0.25, 0.3) is 5.91 Å². The first-order valence-corrected chi connectivity index (χ1v) is 14.9. The first-order valence-electron chi connectivity index (χ1n) is 12.6. The molecule has 0 aromatic carbocycles. The molecule has 1 aliphatic rings. The number of sulfone groups is 1. The Hall–Kier alpha value is -1.93. The molecule has 1 N–H and O–H groups in total. The number of aryl methyl sites for hydroxylation is 2. The van der Waals surface area contributed by atoms with Gasteiger partial charge < -0.3 is 5.32 Å². The van der Waals surface area contributed by atoms with Crippen LogP contribution in [0.1, 0.15) is 87.7 Å². The summed E-state index contributed by atoms with van der Waals surface area (Å²) in [6, 6.07) is 2.18. The highest BCUT2D eigenvalue weighted by molar-refractivity contribution is 7.91. The normalized spacial score (nSPS) is 19.1. The maximum atomic E-state index is 13.0. The quantitative estimate of drug-likeness (QED) is 0.528. The molecule has 0 atom stereocenters. The van der Waals surface area contributed by atoms with E-state index in [0.717, 1.165) is 37.1 Å². The lowest BCUT2D eigenvalue weighted by Crippen LogP contribution is -2.34. The SMILES string of the molecule is CCc1cc(CC(C)(C)C)cnc1-n1c(CC)nc(C(=O)NCC2CCC(S(C)(=O)=O)CC2)c1Cl. The van der Waals surface area contributed by atoms with Crippen LogP contribution in [0.4, 0.5) is 0 Å². The summed E-state index contributed by atoms with van der Waals surface area (Å²) in [5.74, 6) is 1.36. The second kappa shape index (κ2) is 11.0. The van der Waals surface area contributed by atoms with Gasteiger partial charge in [-0.1, -0.05) is 52.3 Å². The first-order chi connectivity index (χ1) is 16.3. The van der Waals surface area contributed by atoms with Gasteiger partial charge in [-0.3, -0.25) is 9.36 Å². The highest BCUT2D eigenvalue weighted by Gasteiger charge is 2.29. The molecule has 7 nitrogen and oxygen atoms in total. The van der Waals surface area contributed by atoms with Gasteiger partial charge in [0.2, 0.25) is 0 Å². The van der Waals surface area contributed by atoms with Crippen molar-refractivity contribution in [2.24, 2.45) is 11.3 Å². The summed E-state index contributed by atoms with van der Waals surface area (Å²) in [5.41, 5.74) is 2.60. The van der Waals surface area contributed by atoms with Gasteiger partial charge in [0.1, 0.15) is 26.6 Å². The number of pyridine rings is 1.